The van der Waals surface area contributed by atoms with Crippen LogP contribution in [-0.2, 0) is 23.4 Å². The van der Waals surface area contributed by atoms with Crippen molar-refractivity contribution >= 4 is 22.9 Å². The van der Waals surface area contributed by atoms with E-state index in [0.29, 0.717) is 16.6 Å². The molecule has 0 atom stereocenters. The summed E-state index contributed by atoms with van der Waals surface area (Å²) in [5.74, 6) is -1.31. The first-order valence-corrected chi connectivity index (χ1v) is 9.17. The lowest BCUT2D eigenvalue weighted by molar-refractivity contribution is -0.0566. The van der Waals surface area contributed by atoms with Crippen LogP contribution >= 0.6 is 0 Å². The maximum absolute atomic E-state index is 12.7. The number of para-hydroxylation sites is 1. The number of amides is 1. The molecule has 0 bridgehead atoms. The molecule has 0 radical (unpaired) electrons. The van der Waals surface area contributed by atoms with Gasteiger partial charge in [-0.05, 0) is 19.9 Å². The van der Waals surface area contributed by atoms with E-state index in [0.717, 1.165) is 4.68 Å². The summed E-state index contributed by atoms with van der Waals surface area (Å²) in [7, 11) is 0. The Morgan fingerprint density at radius 2 is 2.03 bits per heavy atom. The molecule has 11 nitrogen and oxygen atoms in total. The minimum Gasteiger partial charge on any atom is -0.501 e. The summed E-state index contributed by atoms with van der Waals surface area (Å²) in [4.78, 5) is 40.8. The van der Waals surface area contributed by atoms with E-state index in [1.54, 1.807) is 38.1 Å². The van der Waals surface area contributed by atoms with Gasteiger partial charge in [0.1, 0.15) is 11.4 Å². The highest BCUT2D eigenvalue weighted by Gasteiger charge is 2.34. The Labute approximate surface area is 169 Å². The quantitative estimate of drug-likeness (QED) is 0.576. The number of nitrogens with zero attached hydrogens (tertiary/aromatic N) is 4. The van der Waals surface area contributed by atoms with E-state index >= 15 is 0 Å². The van der Waals surface area contributed by atoms with Crippen molar-refractivity contribution in [3.8, 4) is 5.75 Å². The Balaban J connectivity index is 1.66. The molecule has 0 saturated heterocycles. The van der Waals surface area contributed by atoms with E-state index in [1.165, 1.54) is 4.57 Å². The van der Waals surface area contributed by atoms with Crippen LogP contribution in [0.4, 0.5) is 4.79 Å². The molecule has 156 valence electrons. The summed E-state index contributed by atoms with van der Waals surface area (Å²) in [6, 6.07) is 6.69. The van der Waals surface area contributed by atoms with Crippen molar-refractivity contribution in [3.05, 3.63) is 51.8 Å². The van der Waals surface area contributed by atoms with E-state index in [9.17, 15) is 24.6 Å². The van der Waals surface area contributed by atoms with Gasteiger partial charge >= 0.3 is 6.09 Å². The molecule has 0 unspecified atom stereocenters. The number of aromatic nitrogens is 4. The van der Waals surface area contributed by atoms with Crippen LogP contribution in [0.2, 0.25) is 0 Å². The standard InChI is InChI=1S/C19H19N5O6/c1-19(2)17-21-13(14(25)16(27)23(17)7-8-30-19)15(26)20-9-11-10-5-3-4-6-12(10)24(22-11)18(28)29/h3-6,25H,7-9H2,1-2H3,(H,20,26)(H,28,29). The number of rotatable bonds is 3. The molecule has 0 fully saturated rings. The van der Waals surface area contributed by atoms with Crippen molar-refractivity contribution in [1.29, 1.82) is 0 Å². The zero-order valence-electron chi connectivity index (χ0n) is 16.2. The molecule has 3 aromatic rings. The fraction of sp³-hybridized carbons (Fsp3) is 0.316. The van der Waals surface area contributed by atoms with Crippen LogP contribution in [0.5, 0.6) is 5.75 Å². The van der Waals surface area contributed by atoms with E-state index < -0.39 is 34.6 Å². The summed E-state index contributed by atoms with van der Waals surface area (Å²) in [6.07, 6.45) is -1.26. The first-order valence-electron chi connectivity index (χ1n) is 9.17. The van der Waals surface area contributed by atoms with Crippen LogP contribution in [-0.4, -0.2) is 48.2 Å². The Morgan fingerprint density at radius 3 is 2.77 bits per heavy atom. The van der Waals surface area contributed by atoms with Crippen molar-refractivity contribution in [3.63, 3.8) is 0 Å². The normalized spacial score (nSPS) is 15.0. The molecule has 2 aromatic heterocycles. The fourth-order valence-corrected chi connectivity index (χ4v) is 3.48. The smallest absolute Gasteiger partial charge is 0.432 e. The number of aromatic hydroxyl groups is 1. The van der Waals surface area contributed by atoms with Gasteiger partial charge in [-0.1, -0.05) is 18.2 Å². The van der Waals surface area contributed by atoms with Gasteiger partial charge in [-0.25, -0.2) is 9.78 Å². The number of carboxylic acid groups (broad SMARTS) is 1. The molecule has 3 heterocycles. The lowest BCUT2D eigenvalue weighted by atomic mass is 10.1. The molecule has 1 aliphatic heterocycles. The van der Waals surface area contributed by atoms with Gasteiger partial charge in [0.05, 0.1) is 30.9 Å². The maximum Gasteiger partial charge on any atom is 0.432 e. The SMILES string of the molecule is CC1(C)OCCn2c1nc(C(=O)NCc1nn(C(=O)O)c3ccccc13)c(O)c2=O. The third kappa shape index (κ3) is 3.08. The molecule has 4 rings (SSSR count). The molecule has 11 heteroatoms. The molecule has 1 amide bonds. The number of hydrogen-bond acceptors (Lipinski definition) is 7. The van der Waals surface area contributed by atoms with Crippen molar-refractivity contribution in [2.75, 3.05) is 6.61 Å². The Bertz CT molecular complexity index is 1240. The van der Waals surface area contributed by atoms with Gasteiger partial charge in [-0.2, -0.15) is 9.78 Å². The number of nitrogens with one attached hydrogen (secondary N) is 1. The summed E-state index contributed by atoms with van der Waals surface area (Å²) in [6.45, 7) is 3.81. The monoisotopic (exact) mass is 413 g/mol. The minimum absolute atomic E-state index is 0.126. The van der Waals surface area contributed by atoms with Crippen LogP contribution in [0.3, 0.4) is 0 Å². The van der Waals surface area contributed by atoms with Gasteiger partial charge in [0.25, 0.3) is 11.5 Å². The van der Waals surface area contributed by atoms with Crippen molar-refractivity contribution in [2.45, 2.75) is 32.5 Å². The summed E-state index contributed by atoms with van der Waals surface area (Å²) in [5, 5.41) is 26.7. The number of fused-ring (bicyclic) bond motifs is 2. The zero-order valence-corrected chi connectivity index (χ0v) is 16.2. The first kappa shape index (κ1) is 19.6. The molecule has 30 heavy (non-hydrogen) atoms. The fourth-order valence-electron chi connectivity index (χ4n) is 3.48. The average molecular weight is 413 g/mol. The van der Waals surface area contributed by atoms with Gasteiger partial charge in [0.15, 0.2) is 5.69 Å². The van der Waals surface area contributed by atoms with Crippen molar-refractivity contribution in [1.82, 2.24) is 24.6 Å². The summed E-state index contributed by atoms with van der Waals surface area (Å²) < 4.78 is 7.73. The van der Waals surface area contributed by atoms with Gasteiger partial charge in [0, 0.05) is 5.39 Å². The van der Waals surface area contributed by atoms with Crippen LogP contribution in [0.15, 0.2) is 29.1 Å². The van der Waals surface area contributed by atoms with Gasteiger partial charge in [-0.3, -0.25) is 14.2 Å². The molecular formula is C19H19N5O6. The second kappa shape index (κ2) is 6.95. The van der Waals surface area contributed by atoms with Crippen LogP contribution in [0.25, 0.3) is 10.9 Å². The van der Waals surface area contributed by atoms with Crippen LogP contribution in [0.1, 0.15) is 35.9 Å². The van der Waals surface area contributed by atoms with Crippen molar-refractivity contribution < 1.29 is 24.5 Å². The molecular weight excluding hydrogens is 394 g/mol. The summed E-state index contributed by atoms with van der Waals surface area (Å²) in [5.41, 5.74) is -1.36. The third-order valence-corrected chi connectivity index (χ3v) is 4.94. The van der Waals surface area contributed by atoms with Crippen LogP contribution in [0, 0.1) is 0 Å². The molecule has 3 N–H and O–H groups in total. The van der Waals surface area contributed by atoms with E-state index in [4.69, 9.17) is 4.74 Å². The van der Waals surface area contributed by atoms with Gasteiger partial charge < -0.3 is 20.3 Å². The molecule has 0 spiro atoms. The highest BCUT2D eigenvalue weighted by molar-refractivity contribution is 5.95. The molecule has 1 aromatic carbocycles. The Morgan fingerprint density at radius 1 is 1.30 bits per heavy atom. The number of carbonyl (C=O) groups is 2. The van der Waals surface area contributed by atoms with Gasteiger partial charge in [-0.15, -0.1) is 0 Å². The highest BCUT2D eigenvalue weighted by Crippen LogP contribution is 2.27. The lowest BCUT2D eigenvalue weighted by Crippen LogP contribution is -2.42. The molecule has 0 saturated carbocycles. The van der Waals surface area contributed by atoms with Crippen LogP contribution < -0.4 is 10.9 Å². The molecule has 0 aliphatic carbocycles. The third-order valence-electron chi connectivity index (χ3n) is 4.94. The van der Waals surface area contributed by atoms with Crippen molar-refractivity contribution in [2.24, 2.45) is 0 Å². The zero-order chi connectivity index (χ0) is 21.6. The Kier molecular flexibility index (Phi) is 4.54. The summed E-state index contributed by atoms with van der Waals surface area (Å²) >= 11 is 0. The number of hydrogen-bond donors (Lipinski definition) is 3. The van der Waals surface area contributed by atoms with Gasteiger partial charge in [0.2, 0.25) is 5.75 Å². The second-order valence-corrected chi connectivity index (χ2v) is 7.29. The predicted molar refractivity (Wildman–Crippen MR) is 103 cm³/mol. The predicted octanol–water partition coefficient (Wildman–Crippen LogP) is 1.02. The lowest BCUT2D eigenvalue weighted by Gasteiger charge is -2.32. The number of ether oxygens (including phenoxy) is 1. The second-order valence-electron chi connectivity index (χ2n) is 7.29. The highest BCUT2D eigenvalue weighted by atomic mass is 16.5. The number of benzene rings is 1. The number of carbonyl (C=O) groups excluding carboxylic acids is 1. The average Bonchev–Trinajstić information content (AvgIpc) is 3.08. The maximum atomic E-state index is 12.7. The molecule has 1 aliphatic rings. The largest absolute Gasteiger partial charge is 0.501 e. The Hall–Kier alpha value is -3.73. The first-order chi connectivity index (χ1) is 14.2. The van der Waals surface area contributed by atoms with E-state index in [1.807, 2.05) is 0 Å². The topological polar surface area (TPSA) is 149 Å². The van der Waals surface area contributed by atoms with E-state index in [-0.39, 0.29) is 25.5 Å². The minimum atomic E-state index is -1.26. The van der Waals surface area contributed by atoms with E-state index in [2.05, 4.69) is 15.4 Å².